The van der Waals surface area contributed by atoms with E-state index < -0.39 is 0 Å². The molecule has 0 aliphatic heterocycles. The number of aryl methyl sites for hydroxylation is 1. The van der Waals surface area contributed by atoms with Crippen LogP contribution in [0.1, 0.15) is 49.5 Å². The lowest BCUT2D eigenvalue weighted by molar-refractivity contribution is -0.113. The van der Waals surface area contributed by atoms with Gasteiger partial charge in [0.2, 0.25) is 17.7 Å². The van der Waals surface area contributed by atoms with Gasteiger partial charge in [0.1, 0.15) is 5.69 Å². The van der Waals surface area contributed by atoms with Crippen molar-refractivity contribution >= 4 is 23.6 Å². The normalized spacial score (nSPS) is 14.9. The van der Waals surface area contributed by atoms with Gasteiger partial charge in [-0.25, -0.2) is 0 Å². The van der Waals surface area contributed by atoms with Gasteiger partial charge >= 0.3 is 0 Å². The second-order valence-electron chi connectivity index (χ2n) is 7.02. The molecule has 2 aromatic heterocycles. The molecule has 1 fully saturated rings. The summed E-state index contributed by atoms with van der Waals surface area (Å²) in [6.45, 7) is 2.03. The van der Waals surface area contributed by atoms with Gasteiger partial charge in [-0.1, -0.05) is 66.0 Å². The summed E-state index contributed by atoms with van der Waals surface area (Å²) in [7, 11) is 0. The SMILES string of the molecule is Cc1ccc(-c2cc(NC(=O)CSc3nnc(C4CCCCC4)o3)on2)cc1. The fraction of sp³-hybridized carbons (Fsp3) is 0.400. The zero-order valence-corrected chi connectivity index (χ0v) is 16.5. The number of nitrogens with zero attached hydrogens (tertiary/aromatic N) is 3. The van der Waals surface area contributed by atoms with Gasteiger partial charge in [0.25, 0.3) is 5.22 Å². The second kappa shape index (κ2) is 8.60. The van der Waals surface area contributed by atoms with Crippen molar-refractivity contribution in [2.75, 3.05) is 11.1 Å². The minimum Gasteiger partial charge on any atom is -0.416 e. The third kappa shape index (κ3) is 4.62. The number of hydrogen-bond acceptors (Lipinski definition) is 7. The van der Waals surface area contributed by atoms with Crippen molar-refractivity contribution in [2.24, 2.45) is 0 Å². The summed E-state index contributed by atoms with van der Waals surface area (Å²) in [4.78, 5) is 12.2. The monoisotopic (exact) mass is 398 g/mol. The molecule has 0 bridgehead atoms. The summed E-state index contributed by atoms with van der Waals surface area (Å²) >= 11 is 1.22. The van der Waals surface area contributed by atoms with Crippen LogP contribution in [0.3, 0.4) is 0 Å². The smallest absolute Gasteiger partial charge is 0.277 e. The molecule has 3 aromatic rings. The van der Waals surface area contributed by atoms with Crippen LogP contribution in [0.5, 0.6) is 0 Å². The Morgan fingerprint density at radius 2 is 1.96 bits per heavy atom. The number of carbonyl (C=O) groups is 1. The van der Waals surface area contributed by atoms with Crippen LogP contribution in [0, 0.1) is 6.92 Å². The Balaban J connectivity index is 1.29. The Labute approximate surface area is 167 Å². The van der Waals surface area contributed by atoms with E-state index in [2.05, 4.69) is 20.7 Å². The maximum absolute atomic E-state index is 12.2. The molecule has 0 saturated heterocycles. The highest BCUT2D eigenvalue weighted by atomic mass is 32.2. The van der Waals surface area contributed by atoms with Gasteiger partial charge in [-0.3, -0.25) is 10.1 Å². The molecule has 4 rings (SSSR count). The first-order valence-corrected chi connectivity index (χ1v) is 10.5. The molecule has 28 heavy (non-hydrogen) atoms. The van der Waals surface area contributed by atoms with Crippen molar-refractivity contribution in [3.63, 3.8) is 0 Å². The predicted octanol–water partition coefficient (Wildman–Crippen LogP) is 4.81. The molecule has 2 heterocycles. The molecule has 1 N–H and O–H groups in total. The average Bonchev–Trinajstić information content (AvgIpc) is 3.37. The Hall–Kier alpha value is -2.61. The second-order valence-corrected chi connectivity index (χ2v) is 7.95. The number of thioether (sulfide) groups is 1. The molecule has 1 aromatic carbocycles. The summed E-state index contributed by atoms with van der Waals surface area (Å²) in [6.07, 6.45) is 5.89. The minimum atomic E-state index is -0.214. The minimum absolute atomic E-state index is 0.160. The molecule has 0 atom stereocenters. The van der Waals surface area contributed by atoms with E-state index in [1.807, 2.05) is 31.2 Å². The number of anilines is 1. The number of hydrogen-bond donors (Lipinski definition) is 1. The molecule has 1 aliphatic rings. The van der Waals surface area contributed by atoms with Crippen LogP contribution in [0.4, 0.5) is 5.88 Å². The van der Waals surface area contributed by atoms with Gasteiger partial charge in [0, 0.05) is 17.5 Å². The first kappa shape index (κ1) is 18.7. The Kier molecular flexibility index (Phi) is 5.76. The fourth-order valence-corrected chi connectivity index (χ4v) is 3.86. The molecule has 1 amide bonds. The van der Waals surface area contributed by atoms with Gasteiger partial charge in [0.05, 0.1) is 5.75 Å². The van der Waals surface area contributed by atoms with Crippen molar-refractivity contribution in [3.05, 3.63) is 41.8 Å². The summed E-state index contributed by atoms with van der Waals surface area (Å²) < 4.78 is 10.9. The van der Waals surface area contributed by atoms with Crippen LogP contribution in [-0.2, 0) is 4.79 Å². The zero-order chi connectivity index (χ0) is 19.3. The van der Waals surface area contributed by atoms with Crippen LogP contribution in [0.2, 0.25) is 0 Å². The molecular weight excluding hydrogens is 376 g/mol. The molecule has 0 unspecified atom stereocenters. The highest BCUT2D eigenvalue weighted by Crippen LogP contribution is 2.33. The van der Waals surface area contributed by atoms with E-state index in [4.69, 9.17) is 8.94 Å². The third-order valence-corrected chi connectivity index (χ3v) is 5.64. The Morgan fingerprint density at radius 1 is 1.18 bits per heavy atom. The summed E-state index contributed by atoms with van der Waals surface area (Å²) in [5, 5.41) is 15.3. The van der Waals surface area contributed by atoms with E-state index >= 15 is 0 Å². The largest absolute Gasteiger partial charge is 0.416 e. The lowest BCUT2D eigenvalue weighted by Crippen LogP contribution is -2.13. The van der Waals surface area contributed by atoms with Crippen LogP contribution >= 0.6 is 11.8 Å². The molecule has 1 aliphatic carbocycles. The highest BCUT2D eigenvalue weighted by Gasteiger charge is 2.21. The Morgan fingerprint density at radius 3 is 2.75 bits per heavy atom. The fourth-order valence-electron chi connectivity index (χ4n) is 3.29. The predicted molar refractivity (Wildman–Crippen MR) is 106 cm³/mol. The number of rotatable bonds is 6. The lowest BCUT2D eigenvalue weighted by Gasteiger charge is -2.17. The van der Waals surface area contributed by atoms with E-state index in [0.29, 0.717) is 28.6 Å². The van der Waals surface area contributed by atoms with Gasteiger partial charge < -0.3 is 8.94 Å². The van der Waals surface area contributed by atoms with Gasteiger partial charge in [-0.2, -0.15) is 0 Å². The molecule has 146 valence electrons. The third-order valence-electron chi connectivity index (χ3n) is 4.82. The van der Waals surface area contributed by atoms with Crippen molar-refractivity contribution < 1.29 is 13.7 Å². The molecular formula is C20H22N4O3S. The Bertz CT molecular complexity index is 929. The molecule has 8 heteroatoms. The van der Waals surface area contributed by atoms with Crippen molar-refractivity contribution in [2.45, 2.75) is 50.2 Å². The first-order chi connectivity index (χ1) is 13.7. The zero-order valence-electron chi connectivity index (χ0n) is 15.7. The number of benzene rings is 1. The molecule has 0 radical (unpaired) electrons. The van der Waals surface area contributed by atoms with Crippen LogP contribution in [-0.4, -0.2) is 27.0 Å². The van der Waals surface area contributed by atoms with E-state index in [0.717, 1.165) is 18.4 Å². The highest BCUT2D eigenvalue weighted by molar-refractivity contribution is 7.99. The van der Waals surface area contributed by atoms with Gasteiger partial charge in [0.15, 0.2) is 0 Å². The van der Waals surface area contributed by atoms with E-state index in [-0.39, 0.29) is 11.7 Å². The van der Waals surface area contributed by atoms with Crippen LogP contribution in [0.15, 0.2) is 44.5 Å². The molecule has 7 nitrogen and oxygen atoms in total. The number of aromatic nitrogens is 3. The molecule has 1 saturated carbocycles. The topological polar surface area (TPSA) is 94.1 Å². The summed E-state index contributed by atoms with van der Waals surface area (Å²) in [5.74, 6) is 1.32. The summed E-state index contributed by atoms with van der Waals surface area (Å²) in [6, 6.07) is 9.65. The van der Waals surface area contributed by atoms with Crippen molar-refractivity contribution in [1.82, 2.24) is 15.4 Å². The standard InChI is InChI=1S/C20H22N4O3S/c1-13-7-9-14(10-8-13)16-11-18(27-24-16)21-17(25)12-28-20-23-22-19(26-20)15-5-3-2-4-6-15/h7-11,15H,2-6,12H2,1H3,(H,21,25). The number of amides is 1. The van der Waals surface area contributed by atoms with E-state index in [1.165, 1.54) is 36.6 Å². The van der Waals surface area contributed by atoms with Crippen LogP contribution < -0.4 is 5.32 Å². The first-order valence-electron chi connectivity index (χ1n) is 9.47. The number of nitrogens with one attached hydrogen (secondary N) is 1. The van der Waals surface area contributed by atoms with Gasteiger partial charge in [-0.15, -0.1) is 10.2 Å². The van der Waals surface area contributed by atoms with Crippen molar-refractivity contribution in [3.8, 4) is 11.3 Å². The van der Waals surface area contributed by atoms with E-state index in [9.17, 15) is 4.79 Å². The van der Waals surface area contributed by atoms with Gasteiger partial charge in [-0.05, 0) is 19.8 Å². The van der Waals surface area contributed by atoms with E-state index in [1.54, 1.807) is 6.07 Å². The lowest BCUT2D eigenvalue weighted by atomic mass is 9.89. The van der Waals surface area contributed by atoms with Crippen molar-refractivity contribution in [1.29, 1.82) is 0 Å². The maximum Gasteiger partial charge on any atom is 0.277 e. The number of carbonyl (C=O) groups excluding carboxylic acids is 1. The van der Waals surface area contributed by atoms with Crippen LogP contribution in [0.25, 0.3) is 11.3 Å². The maximum atomic E-state index is 12.2. The summed E-state index contributed by atoms with van der Waals surface area (Å²) in [5.41, 5.74) is 2.78. The molecule has 0 spiro atoms. The average molecular weight is 398 g/mol. The quantitative estimate of drug-likeness (QED) is 0.595.